The summed E-state index contributed by atoms with van der Waals surface area (Å²) in [4.78, 5) is 15.8. The van der Waals surface area contributed by atoms with E-state index in [0.717, 1.165) is 12.1 Å². The lowest BCUT2D eigenvalue weighted by atomic mass is 10.1. The molecule has 0 amide bonds. The molecule has 0 saturated heterocycles. The highest BCUT2D eigenvalue weighted by Gasteiger charge is 2.17. The Morgan fingerprint density at radius 1 is 1.20 bits per heavy atom. The molecule has 1 aromatic carbocycles. The molecule has 2 rings (SSSR count). The molecule has 0 spiro atoms. The minimum Gasteiger partial charge on any atom is -0.456 e. The Bertz CT molecular complexity index is 582. The molecule has 1 atom stereocenters. The molecule has 0 fully saturated rings. The summed E-state index contributed by atoms with van der Waals surface area (Å²) < 4.78 is 31.9. The van der Waals surface area contributed by atoms with Gasteiger partial charge in [0.1, 0.15) is 17.7 Å². The van der Waals surface area contributed by atoms with Gasteiger partial charge in [0.05, 0.1) is 12.1 Å². The fraction of sp³-hybridized carbons (Fsp3) is 0.200. The van der Waals surface area contributed by atoms with Crippen molar-refractivity contribution in [3.63, 3.8) is 0 Å². The molecule has 20 heavy (non-hydrogen) atoms. The lowest BCUT2D eigenvalue weighted by molar-refractivity contribution is -0.148. The van der Waals surface area contributed by atoms with Gasteiger partial charge in [0.2, 0.25) is 0 Å². The van der Waals surface area contributed by atoms with Crippen LogP contribution in [0.2, 0.25) is 0 Å². The van der Waals surface area contributed by atoms with Crippen molar-refractivity contribution in [2.45, 2.75) is 19.4 Å². The Balaban J connectivity index is 2.03. The van der Waals surface area contributed by atoms with Crippen LogP contribution in [0.4, 0.5) is 8.78 Å². The topological polar surface area (TPSA) is 39.2 Å². The summed E-state index contributed by atoms with van der Waals surface area (Å²) >= 11 is 0. The maximum absolute atomic E-state index is 13.4. The van der Waals surface area contributed by atoms with Crippen LogP contribution in [0.1, 0.15) is 24.3 Å². The number of rotatable bonds is 4. The van der Waals surface area contributed by atoms with Crippen molar-refractivity contribution in [1.82, 2.24) is 4.98 Å². The molecule has 0 aliphatic heterocycles. The Kier molecular flexibility index (Phi) is 4.40. The number of aromatic nitrogens is 1. The van der Waals surface area contributed by atoms with Crippen molar-refractivity contribution >= 4 is 5.97 Å². The zero-order valence-corrected chi connectivity index (χ0v) is 10.8. The number of pyridine rings is 1. The quantitative estimate of drug-likeness (QED) is 0.806. The number of benzene rings is 1. The second kappa shape index (κ2) is 6.23. The van der Waals surface area contributed by atoms with Gasteiger partial charge in [0.25, 0.3) is 0 Å². The van der Waals surface area contributed by atoms with Crippen LogP contribution < -0.4 is 0 Å². The normalized spacial score (nSPS) is 11.9. The number of carbonyl (C=O) groups is 1. The summed E-state index contributed by atoms with van der Waals surface area (Å²) in [6, 6.07) is 8.68. The molecule has 0 saturated carbocycles. The smallest absolute Gasteiger partial charge is 0.311 e. The average Bonchev–Trinajstić information content (AvgIpc) is 2.44. The molecule has 1 unspecified atom stereocenters. The Labute approximate surface area is 115 Å². The van der Waals surface area contributed by atoms with E-state index in [1.165, 1.54) is 6.07 Å². The third-order valence-corrected chi connectivity index (χ3v) is 2.80. The van der Waals surface area contributed by atoms with Gasteiger partial charge >= 0.3 is 5.97 Å². The summed E-state index contributed by atoms with van der Waals surface area (Å²) in [6.07, 6.45) is 0.560. The van der Waals surface area contributed by atoms with Gasteiger partial charge in [-0.2, -0.15) is 0 Å². The first-order valence-corrected chi connectivity index (χ1v) is 6.11. The van der Waals surface area contributed by atoms with Gasteiger partial charge in [-0.1, -0.05) is 12.1 Å². The zero-order valence-electron chi connectivity index (χ0n) is 10.8. The molecular formula is C15H13F2NO2. The second-order valence-corrected chi connectivity index (χ2v) is 4.26. The van der Waals surface area contributed by atoms with Crippen molar-refractivity contribution in [3.05, 3.63) is 65.5 Å². The summed E-state index contributed by atoms with van der Waals surface area (Å²) in [7, 11) is 0. The molecule has 3 nitrogen and oxygen atoms in total. The number of nitrogens with zero attached hydrogens (tertiary/aromatic N) is 1. The van der Waals surface area contributed by atoms with Crippen LogP contribution in [0.25, 0.3) is 0 Å². The fourth-order valence-corrected chi connectivity index (χ4v) is 1.76. The number of ether oxygens (including phenoxy) is 1. The largest absolute Gasteiger partial charge is 0.456 e. The Hall–Kier alpha value is -2.30. The van der Waals surface area contributed by atoms with E-state index in [-0.39, 0.29) is 5.56 Å². The first-order chi connectivity index (χ1) is 9.58. The van der Waals surface area contributed by atoms with E-state index in [1.807, 2.05) is 0 Å². The number of carbonyl (C=O) groups excluding carboxylic acids is 1. The second-order valence-electron chi connectivity index (χ2n) is 4.26. The highest BCUT2D eigenvalue weighted by atomic mass is 19.1. The number of esters is 1. The molecule has 0 radical (unpaired) electrons. The van der Waals surface area contributed by atoms with E-state index in [2.05, 4.69) is 4.98 Å². The van der Waals surface area contributed by atoms with Gasteiger partial charge < -0.3 is 4.74 Å². The van der Waals surface area contributed by atoms with E-state index >= 15 is 0 Å². The van der Waals surface area contributed by atoms with Gasteiger partial charge in [-0.3, -0.25) is 9.78 Å². The van der Waals surface area contributed by atoms with Crippen molar-refractivity contribution in [2.75, 3.05) is 0 Å². The van der Waals surface area contributed by atoms with E-state index in [0.29, 0.717) is 5.69 Å². The van der Waals surface area contributed by atoms with Crippen LogP contribution in [-0.4, -0.2) is 11.0 Å². The molecule has 0 bridgehead atoms. The minimum absolute atomic E-state index is 0.286. The highest BCUT2D eigenvalue weighted by molar-refractivity contribution is 5.73. The predicted octanol–water partition coefficient (Wildman–Crippen LogP) is 3.21. The zero-order chi connectivity index (χ0) is 14.5. The molecule has 2 aromatic rings. The first kappa shape index (κ1) is 14.1. The maximum Gasteiger partial charge on any atom is 0.311 e. The molecular weight excluding hydrogens is 264 g/mol. The molecule has 0 N–H and O–H groups in total. The molecule has 5 heteroatoms. The van der Waals surface area contributed by atoms with Crippen LogP contribution in [0.15, 0.2) is 42.6 Å². The minimum atomic E-state index is -0.757. The van der Waals surface area contributed by atoms with E-state index in [9.17, 15) is 13.6 Å². The van der Waals surface area contributed by atoms with Crippen molar-refractivity contribution < 1.29 is 18.3 Å². The standard InChI is InChI=1S/C15H13F2NO2/c1-10(14-7-2-3-8-18-14)20-15(19)9-11-12(16)5-4-6-13(11)17/h2-8,10H,9H2,1H3. The third kappa shape index (κ3) is 3.38. The summed E-state index contributed by atoms with van der Waals surface area (Å²) in [6.45, 7) is 1.65. The van der Waals surface area contributed by atoms with Gasteiger partial charge in [-0.05, 0) is 31.2 Å². The van der Waals surface area contributed by atoms with Gasteiger partial charge in [0.15, 0.2) is 0 Å². The molecule has 104 valence electrons. The number of hydrogen-bond acceptors (Lipinski definition) is 3. The Morgan fingerprint density at radius 2 is 1.90 bits per heavy atom. The lowest BCUT2D eigenvalue weighted by Gasteiger charge is -2.13. The van der Waals surface area contributed by atoms with Crippen LogP contribution in [0, 0.1) is 11.6 Å². The van der Waals surface area contributed by atoms with Crippen LogP contribution in [-0.2, 0) is 16.0 Å². The number of hydrogen-bond donors (Lipinski definition) is 0. The average molecular weight is 277 g/mol. The van der Waals surface area contributed by atoms with Crippen LogP contribution in [0.5, 0.6) is 0 Å². The predicted molar refractivity (Wildman–Crippen MR) is 68.8 cm³/mol. The maximum atomic E-state index is 13.4. The van der Waals surface area contributed by atoms with E-state index in [1.54, 1.807) is 31.3 Å². The van der Waals surface area contributed by atoms with E-state index in [4.69, 9.17) is 4.74 Å². The third-order valence-electron chi connectivity index (χ3n) is 2.80. The molecule has 0 aliphatic rings. The Morgan fingerprint density at radius 3 is 2.50 bits per heavy atom. The lowest BCUT2D eigenvalue weighted by Crippen LogP contribution is -2.14. The van der Waals surface area contributed by atoms with Gasteiger partial charge in [-0.15, -0.1) is 0 Å². The first-order valence-electron chi connectivity index (χ1n) is 6.11. The SMILES string of the molecule is CC(OC(=O)Cc1c(F)cccc1F)c1ccccn1. The summed E-state index contributed by atoms with van der Waals surface area (Å²) in [5.74, 6) is -2.22. The van der Waals surface area contributed by atoms with Crippen molar-refractivity contribution in [2.24, 2.45) is 0 Å². The van der Waals surface area contributed by atoms with E-state index < -0.39 is 30.1 Å². The highest BCUT2D eigenvalue weighted by Crippen LogP contribution is 2.17. The van der Waals surface area contributed by atoms with Crippen LogP contribution >= 0.6 is 0 Å². The summed E-state index contributed by atoms with van der Waals surface area (Å²) in [5.41, 5.74) is 0.292. The number of halogens is 2. The van der Waals surface area contributed by atoms with Crippen molar-refractivity contribution in [3.8, 4) is 0 Å². The van der Waals surface area contributed by atoms with Crippen molar-refractivity contribution in [1.29, 1.82) is 0 Å². The van der Waals surface area contributed by atoms with Gasteiger partial charge in [0, 0.05) is 11.8 Å². The molecule has 1 aromatic heterocycles. The summed E-state index contributed by atoms with van der Waals surface area (Å²) in [5, 5.41) is 0. The molecule has 0 aliphatic carbocycles. The fourth-order valence-electron chi connectivity index (χ4n) is 1.76. The molecule has 1 heterocycles. The monoisotopic (exact) mass is 277 g/mol. The van der Waals surface area contributed by atoms with Crippen LogP contribution in [0.3, 0.4) is 0 Å². The van der Waals surface area contributed by atoms with Gasteiger partial charge in [-0.25, -0.2) is 8.78 Å².